The molecule has 1 aliphatic carbocycles. The third kappa shape index (κ3) is 5.19. The number of nitrogens with two attached hydrogens (primary N) is 1. The van der Waals surface area contributed by atoms with Crippen molar-refractivity contribution < 1.29 is 14.1 Å². The number of anilines is 1. The summed E-state index contributed by atoms with van der Waals surface area (Å²) in [6, 6.07) is 7.94. The first kappa shape index (κ1) is 19.1. The first-order valence-electron chi connectivity index (χ1n) is 8.28. The Labute approximate surface area is 164 Å². The Kier molecular flexibility index (Phi) is 6.04. The number of pyridine rings is 1. The first-order valence-corrected chi connectivity index (χ1v) is 9.45. The van der Waals surface area contributed by atoms with E-state index in [4.69, 9.17) is 5.73 Å². The van der Waals surface area contributed by atoms with Crippen LogP contribution >= 0.6 is 0 Å². The number of carbonyl (C=O) groups excluding carboxylic acids is 1. The van der Waals surface area contributed by atoms with Gasteiger partial charge >= 0.3 is 0 Å². The Bertz CT molecular complexity index is 1160. The van der Waals surface area contributed by atoms with Crippen molar-refractivity contribution in [3.63, 3.8) is 0 Å². The fraction of sp³-hybridized carbons (Fsp3) is 0.0476. The number of nitrogens with zero attached hydrogens (tertiary/aromatic N) is 2. The zero-order valence-corrected chi connectivity index (χ0v) is 15.5. The zero-order chi connectivity index (χ0) is 19.9. The molecule has 1 amide bonds. The van der Waals surface area contributed by atoms with E-state index in [2.05, 4.69) is 21.2 Å². The van der Waals surface area contributed by atoms with Gasteiger partial charge in [0, 0.05) is 17.3 Å². The largest absolute Gasteiger partial charge is 0.508 e. The monoisotopic (exact) mass is 390 g/mol. The van der Waals surface area contributed by atoms with Crippen molar-refractivity contribution in [2.24, 2.45) is 4.36 Å². The molecule has 0 unspecified atom stereocenters. The minimum Gasteiger partial charge on any atom is -0.508 e. The summed E-state index contributed by atoms with van der Waals surface area (Å²) in [7, 11) is -1.82. The van der Waals surface area contributed by atoms with Gasteiger partial charge in [0.15, 0.2) is 0 Å². The summed E-state index contributed by atoms with van der Waals surface area (Å²) < 4.78 is 15.8. The number of allylic oxidation sites excluding steroid dienone is 5. The van der Waals surface area contributed by atoms with E-state index >= 15 is 0 Å². The van der Waals surface area contributed by atoms with Crippen molar-refractivity contribution in [3.05, 3.63) is 88.5 Å². The molecule has 0 aliphatic heterocycles. The molecule has 28 heavy (non-hydrogen) atoms. The summed E-state index contributed by atoms with van der Waals surface area (Å²) in [6.45, 7) is 0. The molecular formula is C21H16N3O3S-. The molecule has 0 saturated carbocycles. The van der Waals surface area contributed by atoms with Gasteiger partial charge in [-0.1, -0.05) is 47.8 Å². The number of rotatable bonds is 2. The molecule has 1 heterocycles. The quantitative estimate of drug-likeness (QED) is 0.603. The van der Waals surface area contributed by atoms with E-state index in [1.54, 1.807) is 18.2 Å². The van der Waals surface area contributed by atoms with Gasteiger partial charge < -0.3 is 19.4 Å². The molecule has 3 N–H and O–H groups in total. The van der Waals surface area contributed by atoms with Crippen LogP contribution < -0.4 is 5.73 Å². The molecule has 3 rings (SSSR count). The summed E-state index contributed by atoms with van der Waals surface area (Å²) in [5.41, 5.74) is 7.67. The highest BCUT2D eigenvalue weighted by molar-refractivity contribution is 7.78. The number of hydrogen-bond donors (Lipinski definition) is 2. The van der Waals surface area contributed by atoms with E-state index in [9.17, 15) is 14.1 Å². The number of aromatic hydroxyl groups is 1. The first-order chi connectivity index (χ1) is 13.5. The van der Waals surface area contributed by atoms with E-state index in [0.717, 1.165) is 5.57 Å². The smallest absolute Gasteiger partial charge is 0.257 e. The number of phenolic OH excluding ortho intramolecular Hbond substituents is 1. The van der Waals surface area contributed by atoms with Gasteiger partial charge in [-0.05, 0) is 30.7 Å². The van der Waals surface area contributed by atoms with Crippen LogP contribution in [0, 0.1) is 11.8 Å². The Morgan fingerprint density at radius 3 is 2.82 bits per heavy atom. The van der Waals surface area contributed by atoms with Gasteiger partial charge in [0.1, 0.15) is 11.6 Å². The van der Waals surface area contributed by atoms with Gasteiger partial charge in [-0.25, -0.2) is 4.98 Å². The van der Waals surface area contributed by atoms with Crippen molar-refractivity contribution in [1.29, 1.82) is 0 Å². The summed E-state index contributed by atoms with van der Waals surface area (Å²) in [5, 5.41) is 10.9. The molecule has 1 aromatic heterocycles. The second-order valence-corrected chi connectivity index (χ2v) is 6.78. The fourth-order valence-corrected chi connectivity index (χ4v) is 3.10. The molecule has 140 valence electrons. The van der Waals surface area contributed by atoms with Crippen LogP contribution in [0.2, 0.25) is 0 Å². The molecule has 1 aliphatic rings. The van der Waals surface area contributed by atoms with Crippen LogP contribution in [0.5, 0.6) is 5.75 Å². The number of hydrogen-bond acceptors (Lipinski definition) is 6. The molecule has 0 radical (unpaired) electrons. The van der Waals surface area contributed by atoms with Crippen molar-refractivity contribution in [1.82, 2.24) is 4.98 Å². The van der Waals surface area contributed by atoms with E-state index < -0.39 is 16.5 Å². The third-order valence-electron chi connectivity index (χ3n) is 3.68. The lowest BCUT2D eigenvalue weighted by Gasteiger charge is -2.06. The number of amides is 1. The molecular weight excluding hydrogens is 374 g/mol. The van der Waals surface area contributed by atoms with Gasteiger partial charge in [-0.2, -0.15) is 10.6 Å². The minimum atomic E-state index is -1.82. The highest BCUT2D eigenvalue weighted by atomic mass is 32.2. The van der Waals surface area contributed by atoms with Crippen LogP contribution in [0.1, 0.15) is 27.9 Å². The maximum absolute atomic E-state index is 12.4. The Hall–Kier alpha value is -3.63. The SMILES string of the molecule is Nc1ncc(C#Cc2cccc(O)c2)cc1C(=O)N=[S-](=O)C=C1C=CC=CC1. The third-order valence-corrected chi connectivity index (χ3v) is 4.53. The van der Waals surface area contributed by atoms with Crippen molar-refractivity contribution in [3.8, 4) is 17.6 Å². The van der Waals surface area contributed by atoms with Crippen LogP contribution in [0.15, 0.2) is 76.2 Å². The maximum Gasteiger partial charge on any atom is 0.257 e. The molecule has 2 aromatic rings. The molecule has 0 bridgehead atoms. The topological polar surface area (TPSA) is 106 Å². The van der Waals surface area contributed by atoms with E-state index in [1.165, 1.54) is 23.7 Å². The lowest BCUT2D eigenvalue weighted by molar-refractivity contribution is 0.101. The number of benzene rings is 1. The summed E-state index contributed by atoms with van der Waals surface area (Å²) in [6.07, 6.45) is 9.51. The minimum absolute atomic E-state index is 0.0122. The normalized spacial score (nSPS) is 15.2. The predicted molar refractivity (Wildman–Crippen MR) is 109 cm³/mol. The maximum atomic E-state index is 12.4. The predicted octanol–water partition coefficient (Wildman–Crippen LogP) is 3.46. The standard InChI is InChI=1S/C21H16N3O3S/c22-20-19(21(26)24-28(27)14-16-5-2-1-3-6-16)12-17(13-23-20)10-9-15-7-4-8-18(25)11-15/h1-5,7-8,11-14,25H,6H2,(H2,22,23)/q-1. The van der Waals surface area contributed by atoms with Crippen molar-refractivity contribution >= 4 is 22.3 Å². The van der Waals surface area contributed by atoms with Gasteiger partial charge in [0.25, 0.3) is 5.91 Å². The van der Waals surface area contributed by atoms with E-state index in [1.807, 2.05) is 24.3 Å². The van der Waals surface area contributed by atoms with Gasteiger partial charge in [-0.3, -0.25) is 4.79 Å². The Balaban J connectivity index is 1.84. The second-order valence-electron chi connectivity index (χ2n) is 5.81. The Morgan fingerprint density at radius 2 is 2.07 bits per heavy atom. The van der Waals surface area contributed by atoms with Crippen LogP contribution in [0.25, 0.3) is 0 Å². The van der Waals surface area contributed by atoms with Crippen LogP contribution in [0.4, 0.5) is 5.82 Å². The summed E-state index contributed by atoms with van der Waals surface area (Å²) in [4.78, 5) is 16.3. The summed E-state index contributed by atoms with van der Waals surface area (Å²) in [5.74, 6) is 5.09. The summed E-state index contributed by atoms with van der Waals surface area (Å²) >= 11 is 0. The Morgan fingerprint density at radius 1 is 1.25 bits per heavy atom. The fourth-order valence-electron chi connectivity index (χ4n) is 2.35. The van der Waals surface area contributed by atoms with Crippen molar-refractivity contribution in [2.45, 2.75) is 6.42 Å². The van der Waals surface area contributed by atoms with Gasteiger partial charge in [0.2, 0.25) is 0 Å². The number of phenols is 1. The number of carbonyl (C=O) groups is 1. The van der Waals surface area contributed by atoms with Gasteiger partial charge in [0.05, 0.1) is 5.56 Å². The lowest BCUT2D eigenvalue weighted by Crippen LogP contribution is -2.04. The highest BCUT2D eigenvalue weighted by Crippen LogP contribution is 2.14. The lowest BCUT2D eigenvalue weighted by atomic mass is 10.1. The number of aromatic nitrogens is 1. The highest BCUT2D eigenvalue weighted by Gasteiger charge is 2.08. The average molecular weight is 390 g/mol. The van der Waals surface area contributed by atoms with E-state index in [-0.39, 0.29) is 17.1 Å². The molecule has 0 saturated heterocycles. The second kappa shape index (κ2) is 8.84. The number of nitrogen functional groups attached to an aromatic ring is 1. The molecule has 7 heteroatoms. The van der Waals surface area contributed by atoms with Crippen LogP contribution in [-0.2, 0) is 14.8 Å². The molecule has 0 spiro atoms. The van der Waals surface area contributed by atoms with Crippen molar-refractivity contribution in [2.75, 3.05) is 5.73 Å². The van der Waals surface area contributed by atoms with Gasteiger partial charge in [-0.15, -0.1) is 5.41 Å². The zero-order valence-electron chi connectivity index (χ0n) is 14.7. The molecule has 0 atom stereocenters. The molecule has 6 nitrogen and oxygen atoms in total. The molecule has 0 fully saturated rings. The molecule has 1 aromatic carbocycles. The van der Waals surface area contributed by atoms with Crippen LogP contribution in [0.3, 0.4) is 0 Å². The average Bonchev–Trinajstić information content (AvgIpc) is 2.68. The van der Waals surface area contributed by atoms with Crippen LogP contribution in [-0.4, -0.2) is 16.0 Å². The van der Waals surface area contributed by atoms with E-state index in [0.29, 0.717) is 17.5 Å².